The Labute approximate surface area is 115 Å². The highest BCUT2D eigenvalue weighted by Crippen LogP contribution is 2.21. The number of nitrogens with zero attached hydrogens (tertiary/aromatic N) is 1. The van der Waals surface area contributed by atoms with Gasteiger partial charge in [0, 0.05) is 30.2 Å². The van der Waals surface area contributed by atoms with E-state index in [-0.39, 0.29) is 6.10 Å². The Kier molecular flexibility index (Phi) is 5.00. The van der Waals surface area contributed by atoms with Gasteiger partial charge < -0.3 is 15.0 Å². The van der Waals surface area contributed by atoms with E-state index in [2.05, 4.69) is 47.3 Å². The Hall–Kier alpha value is -1.32. The number of nitrogens with one attached hydrogen (secondary N) is 1. The third kappa shape index (κ3) is 3.58. The van der Waals surface area contributed by atoms with Gasteiger partial charge in [0.1, 0.15) is 0 Å². The number of aryl methyl sites for hydroxylation is 1. The van der Waals surface area contributed by atoms with Crippen molar-refractivity contribution < 1.29 is 5.11 Å². The van der Waals surface area contributed by atoms with Crippen molar-refractivity contribution in [1.82, 2.24) is 9.88 Å². The summed E-state index contributed by atoms with van der Waals surface area (Å²) >= 11 is 0. The molecule has 0 fully saturated rings. The molecule has 1 atom stereocenters. The summed E-state index contributed by atoms with van der Waals surface area (Å²) in [5, 5.41) is 14.2. The van der Waals surface area contributed by atoms with E-state index in [4.69, 9.17) is 0 Å². The molecule has 0 aliphatic carbocycles. The van der Waals surface area contributed by atoms with Crippen LogP contribution in [0.25, 0.3) is 10.9 Å². The Bertz CT molecular complexity index is 516. The summed E-state index contributed by atoms with van der Waals surface area (Å²) in [5.41, 5.74) is 2.60. The first-order valence-corrected chi connectivity index (χ1v) is 7.18. The standard InChI is InChI=1S/C16H24N2O/c1-3-9-17-11-14-12-18(10-8-13(2)19)16-7-5-4-6-15(14)16/h4-7,12-13,17,19H,3,8-11H2,1-2H3. The number of hydrogen-bond acceptors (Lipinski definition) is 2. The molecule has 19 heavy (non-hydrogen) atoms. The fraction of sp³-hybridized carbons (Fsp3) is 0.500. The van der Waals surface area contributed by atoms with E-state index in [0.29, 0.717) is 0 Å². The zero-order chi connectivity index (χ0) is 13.7. The summed E-state index contributed by atoms with van der Waals surface area (Å²) in [4.78, 5) is 0. The summed E-state index contributed by atoms with van der Waals surface area (Å²) < 4.78 is 2.25. The van der Waals surface area contributed by atoms with Crippen LogP contribution in [0.5, 0.6) is 0 Å². The minimum absolute atomic E-state index is 0.247. The second-order valence-electron chi connectivity index (χ2n) is 5.18. The maximum absolute atomic E-state index is 9.44. The highest BCUT2D eigenvalue weighted by Gasteiger charge is 2.08. The van der Waals surface area contributed by atoms with Crippen molar-refractivity contribution in [3.8, 4) is 0 Å². The number of rotatable bonds is 7. The van der Waals surface area contributed by atoms with Crippen LogP contribution in [-0.4, -0.2) is 22.3 Å². The van der Waals surface area contributed by atoms with Crippen LogP contribution < -0.4 is 5.32 Å². The first-order chi connectivity index (χ1) is 9.22. The molecule has 2 rings (SSSR count). The molecule has 0 radical (unpaired) electrons. The van der Waals surface area contributed by atoms with E-state index in [0.717, 1.165) is 32.5 Å². The number of hydrogen-bond donors (Lipinski definition) is 2. The molecule has 1 unspecified atom stereocenters. The first kappa shape index (κ1) is 14.1. The quantitative estimate of drug-likeness (QED) is 0.751. The van der Waals surface area contributed by atoms with Gasteiger partial charge in [-0.15, -0.1) is 0 Å². The molecule has 0 saturated carbocycles. The van der Waals surface area contributed by atoms with Crippen molar-refractivity contribution in [2.45, 2.75) is 45.9 Å². The van der Waals surface area contributed by atoms with Gasteiger partial charge in [-0.1, -0.05) is 25.1 Å². The van der Waals surface area contributed by atoms with Gasteiger partial charge in [-0.2, -0.15) is 0 Å². The van der Waals surface area contributed by atoms with E-state index in [1.54, 1.807) is 0 Å². The monoisotopic (exact) mass is 260 g/mol. The van der Waals surface area contributed by atoms with E-state index >= 15 is 0 Å². The highest BCUT2D eigenvalue weighted by molar-refractivity contribution is 5.83. The second-order valence-corrected chi connectivity index (χ2v) is 5.18. The number of aromatic nitrogens is 1. The molecular weight excluding hydrogens is 236 g/mol. The smallest absolute Gasteiger partial charge is 0.0529 e. The molecule has 0 aliphatic rings. The number of para-hydroxylation sites is 1. The zero-order valence-electron chi connectivity index (χ0n) is 11.9. The minimum Gasteiger partial charge on any atom is -0.393 e. The number of aliphatic hydroxyl groups is 1. The van der Waals surface area contributed by atoms with Crippen molar-refractivity contribution in [2.75, 3.05) is 6.54 Å². The SMILES string of the molecule is CCCNCc1cn(CCC(C)O)c2ccccc12. The van der Waals surface area contributed by atoms with Gasteiger partial charge in [0.15, 0.2) is 0 Å². The molecule has 104 valence electrons. The van der Waals surface area contributed by atoms with Gasteiger partial charge >= 0.3 is 0 Å². The predicted octanol–water partition coefficient (Wildman–Crippen LogP) is 2.91. The fourth-order valence-electron chi connectivity index (χ4n) is 2.37. The zero-order valence-corrected chi connectivity index (χ0v) is 11.9. The van der Waals surface area contributed by atoms with E-state index in [1.165, 1.54) is 16.5 Å². The van der Waals surface area contributed by atoms with Gasteiger partial charge in [0.2, 0.25) is 0 Å². The molecule has 0 spiro atoms. The molecule has 0 bridgehead atoms. The van der Waals surface area contributed by atoms with Gasteiger partial charge in [0.05, 0.1) is 6.10 Å². The molecule has 3 nitrogen and oxygen atoms in total. The molecule has 1 aromatic heterocycles. The lowest BCUT2D eigenvalue weighted by Crippen LogP contribution is -2.13. The van der Waals surface area contributed by atoms with Gasteiger partial charge in [-0.25, -0.2) is 0 Å². The maximum atomic E-state index is 9.44. The number of benzene rings is 1. The van der Waals surface area contributed by atoms with Crippen LogP contribution in [-0.2, 0) is 13.1 Å². The molecule has 0 amide bonds. The van der Waals surface area contributed by atoms with Crippen LogP contribution in [0.4, 0.5) is 0 Å². The first-order valence-electron chi connectivity index (χ1n) is 7.18. The summed E-state index contributed by atoms with van der Waals surface area (Å²) in [6, 6.07) is 8.49. The normalized spacial score (nSPS) is 13.0. The topological polar surface area (TPSA) is 37.2 Å². The van der Waals surface area contributed by atoms with Crippen molar-refractivity contribution >= 4 is 10.9 Å². The molecular formula is C16H24N2O. The second kappa shape index (κ2) is 6.73. The fourth-order valence-corrected chi connectivity index (χ4v) is 2.37. The van der Waals surface area contributed by atoms with Crippen LogP contribution in [0.2, 0.25) is 0 Å². The molecule has 2 aromatic rings. The van der Waals surface area contributed by atoms with Crippen LogP contribution in [0.15, 0.2) is 30.5 Å². The number of fused-ring (bicyclic) bond motifs is 1. The lowest BCUT2D eigenvalue weighted by molar-refractivity contribution is 0.178. The molecule has 0 saturated heterocycles. The third-order valence-corrected chi connectivity index (χ3v) is 3.40. The van der Waals surface area contributed by atoms with Crippen LogP contribution in [0, 0.1) is 0 Å². The van der Waals surface area contributed by atoms with Gasteiger partial charge in [0.25, 0.3) is 0 Å². The Morgan fingerprint density at radius 2 is 2.11 bits per heavy atom. The van der Waals surface area contributed by atoms with Gasteiger partial charge in [-0.05, 0) is 37.9 Å². The number of aliphatic hydroxyl groups excluding tert-OH is 1. The van der Waals surface area contributed by atoms with E-state index < -0.39 is 0 Å². The lowest BCUT2D eigenvalue weighted by atomic mass is 10.2. The van der Waals surface area contributed by atoms with Crippen molar-refractivity contribution in [2.24, 2.45) is 0 Å². The van der Waals surface area contributed by atoms with E-state index in [9.17, 15) is 5.11 Å². The predicted molar refractivity (Wildman–Crippen MR) is 80.2 cm³/mol. The molecule has 3 heteroatoms. The summed E-state index contributed by atoms with van der Waals surface area (Å²) in [5.74, 6) is 0. The van der Waals surface area contributed by atoms with Crippen molar-refractivity contribution in [3.63, 3.8) is 0 Å². The molecule has 0 aliphatic heterocycles. The lowest BCUT2D eigenvalue weighted by Gasteiger charge is -2.06. The minimum atomic E-state index is -0.247. The Balaban J connectivity index is 2.21. The van der Waals surface area contributed by atoms with E-state index in [1.807, 2.05) is 6.92 Å². The van der Waals surface area contributed by atoms with Crippen molar-refractivity contribution in [3.05, 3.63) is 36.0 Å². The largest absolute Gasteiger partial charge is 0.393 e. The summed E-state index contributed by atoms with van der Waals surface area (Å²) in [6.07, 6.45) is 3.92. The van der Waals surface area contributed by atoms with Crippen molar-refractivity contribution in [1.29, 1.82) is 0 Å². The average molecular weight is 260 g/mol. The van der Waals surface area contributed by atoms with Crippen LogP contribution >= 0.6 is 0 Å². The maximum Gasteiger partial charge on any atom is 0.0529 e. The average Bonchev–Trinajstić information content (AvgIpc) is 2.76. The highest BCUT2D eigenvalue weighted by atomic mass is 16.3. The van der Waals surface area contributed by atoms with Gasteiger partial charge in [-0.3, -0.25) is 0 Å². The summed E-state index contributed by atoms with van der Waals surface area (Å²) in [7, 11) is 0. The molecule has 2 N–H and O–H groups in total. The summed E-state index contributed by atoms with van der Waals surface area (Å²) in [6.45, 7) is 6.85. The Morgan fingerprint density at radius 1 is 1.32 bits per heavy atom. The van der Waals surface area contributed by atoms with Crippen LogP contribution in [0.1, 0.15) is 32.3 Å². The molecule has 1 aromatic carbocycles. The molecule has 1 heterocycles. The third-order valence-electron chi connectivity index (χ3n) is 3.40. The Morgan fingerprint density at radius 3 is 2.84 bits per heavy atom. The van der Waals surface area contributed by atoms with Crippen LogP contribution in [0.3, 0.4) is 0 Å².